The molecule has 206 valence electrons. The third-order valence-electron chi connectivity index (χ3n) is 6.96. The van der Waals surface area contributed by atoms with E-state index in [4.69, 9.17) is 17.0 Å². The van der Waals surface area contributed by atoms with E-state index in [0.717, 1.165) is 32.7 Å². The zero-order valence-corrected chi connectivity index (χ0v) is 24.9. The van der Waals surface area contributed by atoms with Gasteiger partial charge in [-0.15, -0.1) is 0 Å². The van der Waals surface area contributed by atoms with Crippen LogP contribution < -0.4 is 15.0 Å². The molecule has 0 unspecified atom stereocenters. The largest absolute Gasteiger partial charge is 0.497 e. The van der Waals surface area contributed by atoms with Crippen molar-refractivity contribution in [2.24, 2.45) is 0 Å². The maximum absolute atomic E-state index is 13.9. The van der Waals surface area contributed by atoms with Crippen LogP contribution in [0.3, 0.4) is 0 Å². The number of carbonyl (C=O) groups excluding carboxylic acids is 2. The highest BCUT2D eigenvalue weighted by atomic mass is 79.9. The maximum atomic E-state index is 13.9. The minimum absolute atomic E-state index is 0.0213. The average Bonchev–Trinajstić information content (AvgIpc) is 3.40. The van der Waals surface area contributed by atoms with Crippen LogP contribution in [0.15, 0.2) is 125 Å². The van der Waals surface area contributed by atoms with E-state index in [2.05, 4.69) is 25.8 Å². The van der Waals surface area contributed by atoms with Crippen LogP contribution in [0.2, 0.25) is 0 Å². The van der Waals surface area contributed by atoms with Crippen molar-refractivity contribution in [3.8, 4) is 34.0 Å². The van der Waals surface area contributed by atoms with Gasteiger partial charge in [0.1, 0.15) is 11.3 Å². The van der Waals surface area contributed by atoms with E-state index in [1.165, 1.54) is 4.90 Å². The van der Waals surface area contributed by atoms with Crippen molar-refractivity contribution in [1.82, 2.24) is 9.88 Å². The van der Waals surface area contributed by atoms with Crippen LogP contribution in [0.25, 0.3) is 34.3 Å². The molecule has 0 aliphatic carbocycles. The first kappa shape index (κ1) is 27.4. The lowest BCUT2D eigenvalue weighted by molar-refractivity contribution is -0.122. The fourth-order valence-corrected chi connectivity index (χ4v) is 5.54. The molecule has 4 aromatic carbocycles. The molecule has 0 spiro atoms. The van der Waals surface area contributed by atoms with Gasteiger partial charge in [-0.05, 0) is 84.0 Å². The molecule has 0 radical (unpaired) electrons. The van der Waals surface area contributed by atoms with Crippen LogP contribution in [-0.2, 0) is 9.59 Å². The quantitative estimate of drug-likeness (QED) is 0.120. The fourth-order valence-electron chi connectivity index (χ4n) is 4.99. The highest BCUT2D eigenvalue weighted by Gasteiger charge is 2.35. The molecule has 2 heterocycles. The van der Waals surface area contributed by atoms with Crippen molar-refractivity contribution in [2.45, 2.75) is 0 Å². The van der Waals surface area contributed by atoms with Gasteiger partial charge in [0.25, 0.3) is 11.8 Å². The predicted molar refractivity (Wildman–Crippen MR) is 174 cm³/mol. The summed E-state index contributed by atoms with van der Waals surface area (Å²) in [6, 6.07) is 36.9. The van der Waals surface area contributed by atoms with Gasteiger partial charge in [0.15, 0.2) is 5.11 Å². The molecule has 1 N–H and O–H groups in total. The Labute approximate surface area is 257 Å². The zero-order chi connectivity index (χ0) is 29.2. The first-order valence-electron chi connectivity index (χ1n) is 13.1. The van der Waals surface area contributed by atoms with E-state index >= 15 is 0 Å². The number of ether oxygens (including phenoxy) is 1. The van der Waals surface area contributed by atoms with Crippen molar-refractivity contribution >= 4 is 56.8 Å². The maximum Gasteiger partial charge on any atom is 0.270 e. The van der Waals surface area contributed by atoms with Gasteiger partial charge in [-0.25, -0.2) is 0 Å². The summed E-state index contributed by atoms with van der Waals surface area (Å²) in [5, 5.41) is 2.71. The monoisotopic (exact) mass is 633 g/mol. The van der Waals surface area contributed by atoms with E-state index in [0.29, 0.717) is 17.0 Å². The zero-order valence-electron chi connectivity index (χ0n) is 22.5. The van der Waals surface area contributed by atoms with Crippen molar-refractivity contribution < 1.29 is 14.3 Å². The minimum Gasteiger partial charge on any atom is -0.497 e. The van der Waals surface area contributed by atoms with Gasteiger partial charge in [-0.1, -0.05) is 76.6 Å². The van der Waals surface area contributed by atoms with E-state index in [9.17, 15) is 9.59 Å². The van der Waals surface area contributed by atoms with Gasteiger partial charge in [0.05, 0.1) is 24.2 Å². The fraction of sp³-hybridized carbons (Fsp3) is 0.0294. The standard InChI is InChI=1S/C34H24BrN3O3S/c1-41-28-18-16-27(17-19-28)38-33(40)29(32(39)36-34(38)42)20-24-21-30(22-8-4-2-5-9-22)37(26-14-12-25(35)13-15-26)31(24)23-10-6-3-7-11-23/h2-21H,1H3,(H,36,39,42)/b29-20-. The number of aromatic nitrogens is 1. The summed E-state index contributed by atoms with van der Waals surface area (Å²) in [5.74, 6) is -0.416. The van der Waals surface area contributed by atoms with Gasteiger partial charge in [0.2, 0.25) is 0 Å². The molecular weight excluding hydrogens is 610 g/mol. The Balaban J connectivity index is 1.57. The van der Waals surface area contributed by atoms with Gasteiger partial charge in [-0.2, -0.15) is 0 Å². The number of rotatable bonds is 6. The first-order valence-corrected chi connectivity index (χ1v) is 14.3. The molecule has 42 heavy (non-hydrogen) atoms. The molecule has 1 aliphatic heterocycles. The highest BCUT2D eigenvalue weighted by molar-refractivity contribution is 9.10. The van der Waals surface area contributed by atoms with Gasteiger partial charge in [-0.3, -0.25) is 19.8 Å². The number of halogens is 1. The number of nitrogens with zero attached hydrogens (tertiary/aromatic N) is 2. The molecule has 0 bridgehead atoms. The number of carbonyl (C=O) groups is 2. The number of benzene rings is 4. The average molecular weight is 635 g/mol. The van der Waals surface area contributed by atoms with Crippen molar-refractivity contribution in [1.29, 1.82) is 0 Å². The second kappa shape index (κ2) is 11.6. The summed E-state index contributed by atoms with van der Waals surface area (Å²) in [6.45, 7) is 0. The van der Waals surface area contributed by atoms with E-state index in [1.54, 1.807) is 37.5 Å². The van der Waals surface area contributed by atoms with E-state index in [-0.39, 0.29) is 10.7 Å². The molecule has 5 aromatic rings. The lowest BCUT2D eigenvalue weighted by Gasteiger charge is -2.29. The second-order valence-electron chi connectivity index (χ2n) is 9.53. The Kier molecular flexibility index (Phi) is 7.56. The molecule has 6 rings (SSSR count). The Bertz CT molecular complexity index is 1830. The number of hydrogen-bond acceptors (Lipinski definition) is 4. The number of amides is 2. The first-order chi connectivity index (χ1) is 20.4. The predicted octanol–water partition coefficient (Wildman–Crippen LogP) is 7.41. The van der Waals surface area contributed by atoms with Crippen molar-refractivity contribution in [2.75, 3.05) is 12.0 Å². The minimum atomic E-state index is -0.550. The smallest absolute Gasteiger partial charge is 0.270 e. The summed E-state index contributed by atoms with van der Waals surface area (Å²) < 4.78 is 8.37. The normalized spacial score (nSPS) is 14.3. The number of methoxy groups -OCH3 is 1. The lowest BCUT2D eigenvalue weighted by Crippen LogP contribution is -2.54. The lowest BCUT2D eigenvalue weighted by atomic mass is 10.0. The van der Waals surface area contributed by atoms with E-state index < -0.39 is 11.8 Å². The summed E-state index contributed by atoms with van der Waals surface area (Å²) in [7, 11) is 1.57. The Morgan fingerprint density at radius 1 is 0.786 bits per heavy atom. The Morgan fingerprint density at radius 3 is 2.00 bits per heavy atom. The molecule has 1 aromatic heterocycles. The SMILES string of the molecule is COc1ccc(N2C(=O)/C(=C\c3cc(-c4ccccc4)n(-c4ccc(Br)cc4)c3-c3ccccc3)C(=O)NC2=S)cc1. The molecule has 1 fully saturated rings. The summed E-state index contributed by atoms with van der Waals surface area (Å²) in [4.78, 5) is 28.5. The molecule has 2 amide bonds. The second-order valence-corrected chi connectivity index (χ2v) is 10.8. The van der Waals surface area contributed by atoms with Crippen molar-refractivity contribution in [3.63, 3.8) is 0 Å². The van der Waals surface area contributed by atoms with Gasteiger partial charge < -0.3 is 9.30 Å². The summed E-state index contributed by atoms with van der Waals surface area (Å²) in [6.07, 6.45) is 1.65. The van der Waals surface area contributed by atoms with Crippen LogP contribution in [-0.4, -0.2) is 28.6 Å². The molecule has 1 saturated heterocycles. The molecule has 0 atom stereocenters. The molecule has 8 heteroatoms. The van der Waals surface area contributed by atoms with Gasteiger partial charge in [0, 0.05) is 15.7 Å². The van der Waals surface area contributed by atoms with Gasteiger partial charge >= 0.3 is 0 Å². The van der Waals surface area contributed by atoms with Crippen LogP contribution in [0.1, 0.15) is 5.56 Å². The number of anilines is 1. The number of thiocarbonyl (C=S) groups is 1. The van der Waals surface area contributed by atoms with Crippen LogP contribution >= 0.6 is 28.1 Å². The molecule has 6 nitrogen and oxygen atoms in total. The van der Waals surface area contributed by atoms with Crippen LogP contribution in [0.5, 0.6) is 5.75 Å². The Hall–Kier alpha value is -4.79. The molecule has 1 aliphatic rings. The van der Waals surface area contributed by atoms with E-state index in [1.807, 2.05) is 91.0 Å². The highest BCUT2D eigenvalue weighted by Crippen LogP contribution is 2.38. The third-order valence-corrected chi connectivity index (χ3v) is 7.78. The number of hydrogen-bond donors (Lipinski definition) is 1. The molecular formula is C34H24BrN3O3S. The third kappa shape index (κ3) is 5.18. The van der Waals surface area contributed by atoms with Crippen LogP contribution in [0, 0.1) is 0 Å². The molecule has 0 saturated carbocycles. The van der Waals surface area contributed by atoms with Crippen LogP contribution in [0.4, 0.5) is 5.69 Å². The summed E-state index contributed by atoms with van der Waals surface area (Å²) >= 11 is 8.96. The summed E-state index contributed by atoms with van der Waals surface area (Å²) in [5.41, 5.74) is 5.82. The number of nitrogens with one attached hydrogen (secondary N) is 1. The van der Waals surface area contributed by atoms with Crippen molar-refractivity contribution in [3.05, 3.63) is 131 Å². The Morgan fingerprint density at radius 2 is 1.38 bits per heavy atom. The topological polar surface area (TPSA) is 63.6 Å².